The van der Waals surface area contributed by atoms with E-state index in [-0.39, 0.29) is 52.6 Å². The van der Waals surface area contributed by atoms with Crippen LogP contribution in [0.15, 0.2) is 24.3 Å². The Balaban J connectivity index is 0.00000441. The summed E-state index contributed by atoms with van der Waals surface area (Å²) in [5.41, 5.74) is 3.94. The number of nitrogens with one attached hydrogen (secondary N) is 2. The standard InChI is InChI=1S/C30H40N4O5.BrH/c1-7-39-26-14-19-16-34(28(31)21(19)15-22(26)29(37)32-5)17-25(36)18-12-23(30(2,3)4)27(38-6)24(13-18)33-10-8-20(35)9-11-33;/h12-15,20,31,35H,7-11,16-17H2,1-6H3,(H,32,37);1H. The third-order valence-corrected chi connectivity index (χ3v) is 7.45. The number of Topliss-reactive ketones (excluding diaryl/α,β-unsaturated/α-hetero) is 1. The van der Waals surface area contributed by atoms with E-state index < -0.39 is 0 Å². The first-order valence-corrected chi connectivity index (χ1v) is 13.5. The number of benzene rings is 2. The molecule has 0 aliphatic carbocycles. The van der Waals surface area contributed by atoms with Gasteiger partial charge in [-0.05, 0) is 55.0 Å². The number of carbonyl (C=O) groups is 2. The number of hydrogen-bond donors (Lipinski definition) is 3. The summed E-state index contributed by atoms with van der Waals surface area (Å²) < 4.78 is 11.6. The lowest BCUT2D eigenvalue weighted by molar-refractivity contribution is 0.0953. The predicted molar refractivity (Wildman–Crippen MR) is 162 cm³/mol. The first-order chi connectivity index (χ1) is 18.5. The highest BCUT2D eigenvalue weighted by Gasteiger charge is 2.31. The number of ketones is 1. The molecule has 2 aromatic carbocycles. The number of amides is 1. The summed E-state index contributed by atoms with van der Waals surface area (Å²) in [5, 5.41) is 21.4. The highest BCUT2D eigenvalue weighted by molar-refractivity contribution is 8.93. The Hall–Kier alpha value is -3.11. The first kappa shape index (κ1) is 31.4. The van der Waals surface area contributed by atoms with Gasteiger partial charge in [0.1, 0.15) is 17.3 Å². The molecular weight excluding hydrogens is 576 g/mol. The topological polar surface area (TPSA) is 115 Å². The molecule has 10 heteroatoms. The molecule has 0 aromatic heterocycles. The second kappa shape index (κ2) is 12.6. The van der Waals surface area contributed by atoms with Crippen LogP contribution in [0.4, 0.5) is 5.69 Å². The Bertz CT molecular complexity index is 1280. The molecule has 0 saturated carbocycles. The summed E-state index contributed by atoms with van der Waals surface area (Å²) in [6, 6.07) is 7.28. The molecule has 0 atom stereocenters. The number of amidine groups is 1. The van der Waals surface area contributed by atoms with Gasteiger partial charge in [0.05, 0.1) is 37.6 Å². The van der Waals surface area contributed by atoms with Gasteiger partial charge < -0.3 is 29.7 Å². The molecule has 3 N–H and O–H groups in total. The molecule has 0 radical (unpaired) electrons. The number of nitrogens with zero attached hydrogens (tertiary/aromatic N) is 2. The number of anilines is 1. The van der Waals surface area contributed by atoms with Gasteiger partial charge >= 0.3 is 0 Å². The number of carbonyl (C=O) groups excluding carboxylic acids is 2. The summed E-state index contributed by atoms with van der Waals surface area (Å²) in [5.74, 6) is 1.05. The van der Waals surface area contributed by atoms with E-state index in [1.807, 2.05) is 19.1 Å². The van der Waals surface area contributed by atoms with Gasteiger partial charge in [0.15, 0.2) is 5.78 Å². The van der Waals surface area contributed by atoms with Crippen LogP contribution in [-0.2, 0) is 12.0 Å². The van der Waals surface area contributed by atoms with Crippen LogP contribution in [0.1, 0.15) is 77.9 Å². The van der Waals surface area contributed by atoms with E-state index in [1.54, 1.807) is 31.2 Å². The zero-order valence-corrected chi connectivity index (χ0v) is 25.9. The first-order valence-electron chi connectivity index (χ1n) is 13.5. The van der Waals surface area contributed by atoms with Crippen molar-refractivity contribution in [2.75, 3.05) is 45.3 Å². The zero-order chi connectivity index (χ0) is 28.5. The number of rotatable bonds is 8. The minimum Gasteiger partial charge on any atom is -0.494 e. The summed E-state index contributed by atoms with van der Waals surface area (Å²) in [6.45, 7) is 10.3. The summed E-state index contributed by atoms with van der Waals surface area (Å²) in [7, 11) is 3.21. The van der Waals surface area contributed by atoms with Crippen LogP contribution in [0.2, 0.25) is 0 Å². The molecule has 0 unspecified atom stereocenters. The van der Waals surface area contributed by atoms with Crippen LogP contribution >= 0.6 is 17.0 Å². The SMILES string of the molecule is Br.CCOc1cc2c(cc1C(=O)NC)C(=N)N(CC(=O)c1cc(N3CCC(O)CC3)c(OC)c(C(C)(C)C)c1)C2. The van der Waals surface area contributed by atoms with E-state index in [2.05, 4.69) is 31.0 Å². The molecule has 0 bridgehead atoms. The minimum atomic E-state index is -0.311. The van der Waals surface area contributed by atoms with Gasteiger partial charge in [-0.15, -0.1) is 17.0 Å². The van der Waals surface area contributed by atoms with E-state index in [1.165, 1.54) is 0 Å². The van der Waals surface area contributed by atoms with Gasteiger partial charge in [-0.1, -0.05) is 20.8 Å². The van der Waals surface area contributed by atoms with Gasteiger partial charge in [-0.25, -0.2) is 0 Å². The fraction of sp³-hybridized carbons (Fsp3) is 0.500. The van der Waals surface area contributed by atoms with Crippen molar-refractivity contribution in [1.82, 2.24) is 10.2 Å². The number of fused-ring (bicyclic) bond motifs is 1. The Morgan fingerprint density at radius 3 is 2.40 bits per heavy atom. The maximum Gasteiger partial charge on any atom is 0.254 e. The average molecular weight is 618 g/mol. The summed E-state index contributed by atoms with van der Waals surface area (Å²) >= 11 is 0. The van der Waals surface area contributed by atoms with E-state index in [0.717, 1.165) is 22.6 Å². The summed E-state index contributed by atoms with van der Waals surface area (Å²) in [4.78, 5) is 30.1. The highest BCUT2D eigenvalue weighted by atomic mass is 79.9. The number of piperidine rings is 1. The second-order valence-electron chi connectivity index (χ2n) is 11.2. The van der Waals surface area contributed by atoms with Crippen molar-refractivity contribution in [3.63, 3.8) is 0 Å². The lowest BCUT2D eigenvalue weighted by Crippen LogP contribution is -2.36. The molecule has 2 aliphatic rings. The van der Waals surface area contributed by atoms with Gasteiger partial charge in [0.2, 0.25) is 0 Å². The maximum absolute atomic E-state index is 13.7. The second-order valence-corrected chi connectivity index (χ2v) is 11.2. The van der Waals surface area contributed by atoms with Crippen molar-refractivity contribution in [2.45, 2.75) is 58.6 Å². The Labute approximate surface area is 247 Å². The van der Waals surface area contributed by atoms with Gasteiger partial charge in [0, 0.05) is 43.4 Å². The molecule has 2 heterocycles. The van der Waals surface area contributed by atoms with Crippen molar-refractivity contribution in [2.24, 2.45) is 0 Å². The molecule has 2 aromatic rings. The van der Waals surface area contributed by atoms with Crippen molar-refractivity contribution >= 4 is 40.2 Å². The van der Waals surface area contributed by atoms with E-state index in [4.69, 9.17) is 14.9 Å². The normalized spacial score (nSPS) is 15.4. The molecule has 1 saturated heterocycles. The fourth-order valence-electron chi connectivity index (χ4n) is 5.30. The van der Waals surface area contributed by atoms with Crippen molar-refractivity contribution < 1.29 is 24.2 Å². The van der Waals surface area contributed by atoms with Crippen LogP contribution < -0.4 is 19.7 Å². The molecule has 4 rings (SSSR count). The average Bonchev–Trinajstić information content (AvgIpc) is 3.20. The zero-order valence-electron chi connectivity index (χ0n) is 24.2. The Kier molecular flexibility index (Phi) is 9.89. The molecule has 1 amide bonds. The number of methoxy groups -OCH3 is 1. The number of aliphatic hydroxyl groups is 1. The number of aliphatic hydroxyl groups excluding tert-OH is 1. The van der Waals surface area contributed by atoms with Crippen LogP contribution in [0, 0.1) is 5.41 Å². The van der Waals surface area contributed by atoms with Crippen LogP contribution in [0.25, 0.3) is 0 Å². The van der Waals surface area contributed by atoms with Crippen molar-refractivity contribution in [1.29, 1.82) is 5.41 Å². The lowest BCUT2D eigenvalue weighted by Gasteiger charge is -2.35. The van der Waals surface area contributed by atoms with Gasteiger partial charge in [-0.2, -0.15) is 0 Å². The van der Waals surface area contributed by atoms with E-state index >= 15 is 0 Å². The Morgan fingerprint density at radius 1 is 1.15 bits per heavy atom. The lowest BCUT2D eigenvalue weighted by atomic mass is 9.84. The molecule has 40 heavy (non-hydrogen) atoms. The molecule has 9 nitrogen and oxygen atoms in total. The number of hydrogen-bond acceptors (Lipinski definition) is 7. The predicted octanol–water partition coefficient (Wildman–Crippen LogP) is 4.31. The molecule has 218 valence electrons. The number of halogens is 1. The van der Waals surface area contributed by atoms with E-state index in [9.17, 15) is 14.7 Å². The van der Waals surface area contributed by atoms with Gasteiger partial charge in [-0.3, -0.25) is 15.0 Å². The van der Waals surface area contributed by atoms with Crippen LogP contribution in [0.5, 0.6) is 11.5 Å². The monoisotopic (exact) mass is 616 g/mol. The maximum atomic E-state index is 13.7. The highest BCUT2D eigenvalue weighted by Crippen LogP contribution is 2.41. The quantitative estimate of drug-likeness (QED) is 0.378. The van der Waals surface area contributed by atoms with Crippen LogP contribution in [-0.4, -0.2) is 74.0 Å². The largest absolute Gasteiger partial charge is 0.494 e. The summed E-state index contributed by atoms with van der Waals surface area (Å²) in [6.07, 6.45) is 1.02. The molecular formula is C30H41BrN4O5. The fourth-order valence-corrected chi connectivity index (χ4v) is 5.30. The number of ether oxygens (including phenoxy) is 2. The molecule has 2 aliphatic heterocycles. The minimum absolute atomic E-state index is 0. The third kappa shape index (κ3) is 6.28. The van der Waals surface area contributed by atoms with E-state index in [0.29, 0.717) is 61.5 Å². The smallest absolute Gasteiger partial charge is 0.254 e. The van der Waals surface area contributed by atoms with Crippen molar-refractivity contribution in [3.05, 3.63) is 52.1 Å². The van der Waals surface area contributed by atoms with Crippen molar-refractivity contribution in [3.8, 4) is 11.5 Å². The third-order valence-electron chi connectivity index (χ3n) is 7.45. The molecule has 0 spiro atoms. The Morgan fingerprint density at radius 2 is 1.82 bits per heavy atom. The van der Waals surface area contributed by atoms with Crippen LogP contribution in [0.3, 0.4) is 0 Å². The molecule has 1 fully saturated rings. The van der Waals surface area contributed by atoms with Gasteiger partial charge in [0.25, 0.3) is 5.91 Å².